The summed E-state index contributed by atoms with van der Waals surface area (Å²) >= 11 is 0. The van der Waals surface area contributed by atoms with Crippen LogP contribution in [0, 0.1) is 6.07 Å². The van der Waals surface area contributed by atoms with Crippen LogP contribution in [-0.4, -0.2) is 28.6 Å². The van der Waals surface area contributed by atoms with Crippen molar-refractivity contribution in [1.82, 2.24) is 10.0 Å². The lowest BCUT2D eigenvalue weighted by atomic mass is 10.4. The molecule has 15 heavy (non-hydrogen) atoms. The molecular formula is C10H15N2O2S. The van der Waals surface area contributed by atoms with E-state index < -0.39 is 10.0 Å². The van der Waals surface area contributed by atoms with Gasteiger partial charge >= 0.3 is 0 Å². The Morgan fingerprint density at radius 2 is 1.93 bits per heavy atom. The van der Waals surface area contributed by atoms with Crippen molar-refractivity contribution in [3.63, 3.8) is 0 Å². The van der Waals surface area contributed by atoms with Crippen molar-refractivity contribution in [2.45, 2.75) is 11.3 Å². The number of hydrogen-bond donors (Lipinski definition) is 2. The first kappa shape index (κ1) is 12.2. The van der Waals surface area contributed by atoms with Crippen LogP contribution < -0.4 is 10.0 Å². The standard InChI is InChI=1S/C10H15N2O2S/c1-11-8-5-9-12-15(13,14)10-6-3-2-4-7-10/h3-4,6-7,11-12H,5,8-9H2,1H3. The van der Waals surface area contributed by atoms with Crippen LogP contribution in [0.25, 0.3) is 0 Å². The first-order valence-corrected chi connectivity index (χ1v) is 6.25. The van der Waals surface area contributed by atoms with E-state index in [4.69, 9.17) is 0 Å². The van der Waals surface area contributed by atoms with Crippen LogP contribution in [0.5, 0.6) is 0 Å². The maximum absolute atomic E-state index is 11.6. The van der Waals surface area contributed by atoms with Crippen molar-refractivity contribution in [3.05, 3.63) is 30.3 Å². The normalized spacial score (nSPS) is 11.5. The number of nitrogens with one attached hydrogen (secondary N) is 2. The van der Waals surface area contributed by atoms with Crippen LogP contribution >= 0.6 is 0 Å². The molecule has 0 unspecified atom stereocenters. The second-order valence-electron chi connectivity index (χ2n) is 3.09. The van der Waals surface area contributed by atoms with E-state index in [0.29, 0.717) is 6.54 Å². The molecule has 0 aliphatic rings. The van der Waals surface area contributed by atoms with Crippen LogP contribution in [0.1, 0.15) is 6.42 Å². The minimum atomic E-state index is -3.34. The number of sulfonamides is 1. The molecule has 0 saturated heterocycles. The zero-order chi connectivity index (χ0) is 11.1. The van der Waals surface area contributed by atoms with Gasteiger partial charge in [0.05, 0.1) is 4.90 Å². The molecule has 0 amide bonds. The van der Waals surface area contributed by atoms with E-state index in [9.17, 15) is 8.42 Å². The fraction of sp³-hybridized carbons (Fsp3) is 0.400. The van der Waals surface area contributed by atoms with Crippen LogP contribution in [0.4, 0.5) is 0 Å². The van der Waals surface area contributed by atoms with Crippen LogP contribution in [0.2, 0.25) is 0 Å². The molecule has 0 saturated carbocycles. The van der Waals surface area contributed by atoms with Crippen LogP contribution in [-0.2, 0) is 10.0 Å². The summed E-state index contributed by atoms with van der Waals surface area (Å²) in [5.41, 5.74) is 0. The zero-order valence-corrected chi connectivity index (χ0v) is 9.47. The topological polar surface area (TPSA) is 58.2 Å². The lowest BCUT2D eigenvalue weighted by Crippen LogP contribution is -2.26. The molecule has 0 aliphatic carbocycles. The summed E-state index contributed by atoms with van der Waals surface area (Å²) in [7, 11) is -1.50. The molecule has 0 aromatic heterocycles. The monoisotopic (exact) mass is 227 g/mol. The van der Waals surface area contributed by atoms with Crippen molar-refractivity contribution in [2.24, 2.45) is 0 Å². The summed E-state index contributed by atoms with van der Waals surface area (Å²) < 4.78 is 25.8. The van der Waals surface area contributed by atoms with E-state index in [1.54, 1.807) is 12.1 Å². The van der Waals surface area contributed by atoms with Gasteiger partial charge in [-0.15, -0.1) is 0 Å². The molecule has 0 bridgehead atoms. The van der Waals surface area contributed by atoms with Gasteiger partial charge < -0.3 is 5.32 Å². The largest absolute Gasteiger partial charge is 0.320 e. The van der Waals surface area contributed by atoms with E-state index in [-0.39, 0.29) is 4.90 Å². The Kier molecular flexibility index (Phi) is 4.74. The van der Waals surface area contributed by atoms with E-state index in [1.165, 1.54) is 12.1 Å². The second kappa shape index (κ2) is 5.85. The van der Waals surface area contributed by atoms with Crippen molar-refractivity contribution in [2.75, 3.05) is 20.1 Å². The predicted octanol–water partition coefficient (Wildman–Crippen LogP) is 0.375. The summed E-state index contributed by atoms with van der Waals surface area (Å²) in [5, 5.41) is 2.95. The Labute approximate surface area is 90.8 Å². The van der Waals surface area contributed by atoms with Gasteiger partial charge in [0.15, 0.2) is 0 Å². The second-order valence-corrected chi connectivity index (χ2v) is 4.86. The maximum Gasteiger partial charge on any atom is 0.240 e. The number of benzene rings is 1. The van der Waals surface area contributed by atoms with E-state index in [0.717, 1.165) is 13.0 Å². The predicted molar refractivity (Wildman–Crippen MR) is 59.0 cm³/mol. The smallest absolute Gasteiger partial charge is 0.240 e. The average Bonchev–Trinajstić information content (AvgIpc) is 2.26. The molecule has 5 heteroatoms. The summed E-state index contributed by atoms with van der Waals surface area (Å²) in [6.45, 7) is 1.24. The van der Waals surface area contributed by atoms with E-state index in [2.05, 4.69) is 16.1 Å². The highest BCUT2D eigenvalue weighted by Gasteiger charge is 2.11. The molecule has 1 aromatic rings. The van der Waals surface area contributed by atoms with Crippen molar-refractivity contribution >= 4 is 10.0 Å². The van der Waals surface area contributed by atoms with Crippen molar-refractivity contribution in [1.29, 1.82) is 0 Å². The molecular weight excluding hydrogens is 212 g/mol. The van der Waals surface area contributed by atoms with Gasteiger partial charge in [-0.1, -0.05) is 12.1 Å². The molecule has 0 fully saturated rings. The fourth-order valence-electron chi connectivity index (χ4n) is 1.11. The minimum absolute atomic E-state index is 0.283. The third kappa shape index (κ3) is 3.99. The van der Waals surface area contributed by atoms with Gasteiger partial charge in [0.1, 0.15) is 0 Å². The third-order valence-electron chi connectivity index (χ3n) is 1.89. The van der Waals surface area contributed by atoms with Gasteiger partial charge in [0.25, 0.3) is 0 Å². The SMILES string of the molecule is CNCCCNS(=O)(=O)c1cc[c]cc1. The lowest BCUT2D eigenvalue weighted by Gasteiger charge is -2.05. The van der Waals surface area contributed by atoms with Gasteiger partial charge in [0.2, 0.25) is 10.0 Å². The maximum atomic E-state index is 11.6. The lowest BCUT2D eigenvalue weighted by molar-refractivity contribution is 0.577. The Balaban J connectivity index is 2.53. The molecule has 0 atom stereocenters. The van der Waals surface area contributed by atoms with Crippen molar-refractivity contribution in [3.8, 4) is 0 Å². The van der Waals surface area contributed by atoms with Crippen LogP contribution in [0.15, 0.2) is 29.2 Å². The van der Waals surface area contributed by atoms with E-state index >= 15 is 0 Å². The highest BCUT2D eigenvalue weighted by atomic mass is 32.2. The number of hydrogen-bond acceptors (Lipinski definition) is 3. The van der Waals surface area contributed by atoms with Gasteiger partial charge in [-0.25, -0.2) is 13.1 Å². The molecule has 4 nitrogen and oxygen atoms in total. The molecule has 0 spiro atoms. The van der Waals surface area contributed by atoms with Crippen molar-refractivity contribution < 1.29 is 8.42 Å². The summed E-state index contributed by atoms with van der Waals surface area (Å²) in [6, 6.07) is 9.01. The quantitative estimate of drug-likeness (QED) is 0.691. The van der Waals surface area contributed by atoms with Crippen LogP contribution in [0.3, 0.4) is 0 Å². The molecule has 0 aliphatic heterocycles. The summed E-state index contributed by atoms with van der Waals surface area (Å²) in [4.78, 5) is 0.283. The Hall–Kier alpha value is -0.910. The molecule has 1 aromatic carbocycles. The average molecular weight is 227 g/mol. The Bertz CT molecular complexity index is 376. The molecule has 0 heterocycles. The Morgan fingerprint density at radius 1 is 1.27 bits per heavy atom. The van der Waals surface area contributed by atoms with Gasteiger partial charge in [-0.05, 0) is 38.2 Å². The number of rotatable bonds is 6. The van der Waals surface area contributed by atoms with Gasteiger partial charge in [0, 0.05) is 6.54 Å². The highest BCUT2D eigenvalue weighted by molar-refractivity contribution is 7.89. The molecule has 83 valence electrons. The van der Waals surface area contributed by atoms with E-state index in [1.807, 2.05) is 7.05 Å². The minimum Gasteiger partial charge on any atom is -0.320 e. The van der Waals surface area contributed by atoms with Gasteiger partial charge in [-0.3, -0.25) is 0 Å². The Morgan fingerprint density at radius 3 is 2.53 bits per heavy atom. The zero-order valence-electron chi connectivity index (χ0n) is 8.66. The molecule has 1 rings (SSSR count). The fourth-order valence-corrected chi connectivity index (χ4v) is 2.18. The first-order valence-electron chi connectivity index (χ1n) is 4.77. The highest BCUT2D eigenvalue weighted by Crippen LogP contribution is 2.06. The third-order valence-corrected chi connectivity index (χ3v) is 3.37. The molecule has 1 radical (unpaired) electrons. The summed E-state index contributed by atoms with van der Waals surface area (Å²) in [5.74, 6) is 0. The molecule has 2 N–H and O–H groups in total. The summed E-state index contributed by atoms with van der Waals surface area (Å²) in [6.07, 6.45) is 0.773. The first-order chi connectivity index (χ1) is 7.17. The van der Waals surface area contributed by atoms with Gasteiger partial charge in [-0.2, -0.15) is 0 Å².